The van der Waals surface area contributed by atoms with Crippen molar-refractivity contribution in [2.45, 2.75) is 12.1 Å². The van der Waals surface area contributed by atoms with Gasteiger partial charge in [-0.3, -0.25) is 25.0 Å². The molecule has 0 saturated carbocycles. The first kappa shape index (κ1) is 14.5. The summed E-state index contributed by atoms with van der Waals surface area (Å²) in [5.41, 5.74) is 9.49. The van der Waals surface area contributed by atoms with E-state index in [1.54, 1.807) is 0 Å². The first-order valence-electron chi connectivity index (χ1n) is 4.92. The number of benzene rings is 1. The zero-order chi connectivity index (χ0) is 14.7. The first-order valence-corrected chi connectivity index (χ1v) is 4.92. The highest BCUT2D eigenvalue weighted by Crippen LogP contribution is 2.29. The van der Waals surface area contributed by atoms with Crippen molar-refractivity contribution in [3.05, 3.63) is 44.0 Å². The number of hydrogen-bond acceptors (Lipinski definition) is 7. The van der Waals surface area contributed by atoms with Gasteiger partial charge < -0.3 is 16.6 Å². The predicted molar refractivity (Wildman–Crippen MR) is 62.3 cm³/mol. The third-order valence-corrected chi connectivity index (χ3v) is 2.45. The molecule has 10 heteroatoms. The normalized spacial score (nSPS) is 13.6. The zero-order valence-electron chi connectivity index (χ0n) is 9.42. The number of non-ortho nitro benzene ring substituents is 1. The van der Waals surface area contributed by atoms with Crippen molar-refractivity contribution in [2.24, 2.45) is 11.5 Å². The Labute approximate surface area is 105 Å². The van der Waals surface area contributed by atoms with Crippen LogP contribution in [0.4, 0.5) is 11.4 Å². The van der Waals surface area contributed by atoms with E-state index in [1.807, 2.05) is 0 Å². The number of carbonyl (C=O) groups is 1. The maximum absolute atomic E-state index is 10.8. The summed E-state index contributed by atoms with van der Waals surface area (Å²) < 4.78 is 0. The van der Waals surface area contributed by atoms with Crippen molar-refractivity contribution in [1.29, 1.82) is 0 Å². The van der Waals surface area contributed by atoms with Crippen LogP contribution in [0.15, 0.2) is 18.2 Å². The lowest BCUT2D eigenvalue weighted by atomic mass is 9.99. The summed E-state index contributed by atoms with van der Waals surface area (Å²) in [5.74, 6) is -1.43. The minimum Gasteiger partial charge on any atom is -0.480 e. The van der Waals surface area contributed by atoms with E-state index < -0.39 is 39.3 Å². The standard InChI is InChI=1S/C9H10N4O6/c10-7(8(11)9(14)15)5-2-1-4(12(16)17)3-6(5)13(18)19/h1-3,7-8H,10-11H2,(H,14,15)/t7?,8-/m0/s1. The van der Waals surface area contributed by atoms with Crippen LogP contribution >= 0.6 is 0 Å². The van der Waals surface area contributed by atoms with Crippen LogP contribution in [0.25, 0.3) is 0 Å². The largest absolute Gasteiger partial charge is 0.480 e. The molecular formula is C9H10N4O6. The van der Waals surface area contributed by atoms with Crippen molar-refractivity contribution >= 4 is 17.3 Å². The Hall–Kier alpha value is -2.59. The highest BCUT2D eigenvalue weighted by atomic mass is 16.6. The minimum atomic E-state index is -1.56. The smallest absolute Gasteiger partial charge is 0.322 e. The van der Waals surface area contributed by atoms with Crippen molar-refractivity contribution in [2.75, 3.05) is 0 Å². The van der Waals surface area contributed by atoms with Crippen molar-refractivity contribution in [1.82, 2.24) is 0 Å². The molecule has 1 aromatic carbocycles. The summed E-state index contributed by atoms with van der Waals surface area (Å²) in [4.78, 5) is 30.4. The summed E-state index contributed by atoms with van der Waals surface area (Å²) in [7, 11) is 0. The van der Waals surface area contributed by atoms with Gasteiger partial charge in [-0.15, -0.1) is 0 Å². The lowest BCUT2D eigenvalue weighted by Crippen LogP contribution is -2.41. The van der Waals surface area contributed by atoms with Crippen LogP contribution < -0.4 is 11.5 Å². The van der Waals surface area contributed by atoms with Gasteiger partial charge in [0.1, 0.15) is 6.04 Å². The molecular weight excluding hydrogens is 260 g/mol. The van der Waals surface area contributed by atoms with E-state index in [-0.39, 0.29) is 5.56 Å². The molecule has 0 heterocycles. The number of hydrogen-bond donors (Lipinski definition) is 3. The Morgan fingerprint density at radius 3 is 2.21 bits per heavy atom. The molecule has 2 atom stereocenters. The molecule has 0 saturated heterocycles. The molecule has 19 heavy (non-hydrogen) atoms. The Morgan fingerprint density at radius 1 is 1.21 bits per heavy atom. The fraction of sp³-hybridized carbons (Fsp3) is 0.222. The SMILES string of the molecule is NC(c1ccc([N+](=O)[O-])cc1[N+](=O)[O-])[C@H](N)C(=O)O. The van der Waals surface area contributed by atoms with Crippen LogP contribution in [-0.2, 0) is 4.79 Å². The molecule has 0 aliphatic rings. The van der Waals surface area contributed by atoms with E-state index in [9.17, 15) is 25.0 Å². The first-order chi connectivity index (χ1) is 8.75. The highest BCUT2D eigenvalue weighted by Gasteiger charge is 2.29. The van der Waals surface area contributed by atoms with Crippen LogP contribution in [0.1, 0.15) is 11.6 Å². The van der Waals surface area contributed by atoms with Gasteiger partial charge in [0, 0.05) is 11.6 Å². The minimum absolute atomic E-state index is 0.175. The van der Waals surface area contributed by atoms with Gasteiger partial charge in [0.05, 0.1) is 22.0 Å². The summed E-state index contributed by atoms with van der Waals surface area (Å²) >= 11 is 0. The fourth-order valence-corrected chi connectivity index (χ4v) is 1.43. The molecule has 0 amide bonds. The summed E-state index contributed by atoms with van der Waals surface area (Å²) in [6.07, 6.45) is 0. The van der Waals surface area contributed by atoms with Gasteiger partial charge in [-0.2, -0.15) is 0 Å². The third kappa shape index (κ3) is 3.00. The van der Waals surface area contributed by atoms with Crippen molar-refractivity contribution in [3.63, 3.8) is 0 Å². The van der Waals surface area contributed by atoms with Crippen LogP contribution in [-0.4, -0.2) is 27.0 Å². The number of nitro groups is 2. The average molecular weight is 270 g/mol. The predicted octanol–water partition coefficient (Wildman–Crippen LogP) is -0.0853. The zero-order valence-corrected chi connectivity index (χ0v) is 9.42. The molecule has 102 valence electrons. The van der Waals surface area contributed by atoms with E-state index in [1.165, 1.54) is 0 Å². The number of nitrogens with zero attached hydrogens (tertiary/aromatic N) is 2. The lowest BCUT2D eigenvalue weighted by Gasteiger charge is -2.16. The van der Waals surface area contributed by atoms with Gasteiger partial charge in [0.15, 0.2) is 0 Å². The van der Waals surface area contributed by atoms with Crippen molar-refractivity contribution < 1.29 is 19.7 Å². The number of carboxylic acid groups (broad SMARTS) is 1. The van der Waals surface area contributed by atoms with Gasteiger partial charge in [-0.25, -0.2) is 0 Å². The number of nitrogens with two attached hydrogens (primary N) is 2. The Bertz CT molecular complexity index is 546. The van der Waals surface area contributed by atoms with Crippen LogP contribution in [0, 0.1) is 20.2 Å². The fourth-order valence-electron chi connectivity index (χ4n) is 1.43. The maximum Gasteiger partial charge on any atom is 0.322 e. The number of nitro benzene ring substituents is 2. The molecule has 1 rings (SSSR count). The van der Waals surface area contributed by atoms with Crippen LogP contribution in [0.2, 0.25) is 0 Å². The van der Waals surface area contributed by atoms with E-state index in [2.05, 4.69) is 0 Å². The number of aliphatic carboxylic acids is 1. The average Bonchev–Trinajstić information content (AvgIpc) is 2.35. The molecule has 10 nitrogen and oxygen atoms in total. The molecule has 0 fully saturated rings. The summed E-state index contributed by atoms with van der Waals surface area (Å²) in [6, 6.07) is -0.163. The second-order valence-corrected chi connectivity index (χ2v) is 3.65. The second kappa shape index (κ2) is 5.37. The van der Waals surface area contributed by atoms with Gasteiger partial charge in [-0.05, 0) is 6.07 Å². The van der Waals surface area contributed by atoms with E-state index in [4.69, 9.17) is 16.6 Å². The molecule has 0 aliphatic carbocycles. The lowest BCUT2D eigenvalue weighted by molar-refractivity contribution is -0.394. The molecule has 0 aliphatic heterocycles. The quantitative estimate of drug-likeness (QED) is 0.491. The van der Waals surface area contributed by atoms with E-state index in [0.717, 1.165) is 12.1 Å². The molecule has 0 aromatic heterocycles. The molecule has 1 unspecified atom stereocenters. The Kier molecular flexibility index (Phi) is 4.09. The van der Waals surface area contributed by atoms with E-state index >= 15 is 0 Å². The van der Waals surface area contributed by atoms with Gasteiger partial charge in [-0.1, -0.05) is 0 Å². The third-order valence-electron chi connectivity index (χ3n) is 2.45. The Balaban J connectivity index is 3.31. The van der Waals surface area contributed by atoms with Crippen LogP contribution in [0.3, 0.4) is 0 Å². The number of carboxylic acids is 1. The highest BCUT2D eigenvalue weighted by molar-refractivity contribution is 5.75. The molecule has 0 spiro atoms. The molecule has 0 radical (unpaired) electrons. The molecule has 5 N–H and O–H groups in total. The van der Waals surface area contributed by atoms with Gasteiger partial charge >= 0.3 is 5.97 Å². The van der Waals surface area contributed by atoms with Gasteiger partial charge in [0.25, 0.3) is 11.4 Å². The second-order valence-electron chi connectivity index (χ2n) is 3.65. The van der Waals surface area contributed by atoms with Crippen LogP contribution in [0.5, 0.6) is 0 Å². The maximum atomic E-state index is 10.8. The topological polar surface area (TPSA) is 176 Å². The van der Waals surface area contributed by atoms with E-state index in [0.29, 0.717) is 6.07 Å². The molecule has 0 bridgehead atoms. The summed E-state index contributed by atoms with van der Waals surface area (Å²) in [6.45, 7) is 0. The molecule has 1 aromatic rings. The summed E-state index contributed by atoms with van der Waals surface area (Å²) in [5, 5.41) is 30.1. The van der Waals surface area contributed by atoms with Crippen molar-refractivity contribution in [3.8, 4) is 0 Å². The van der Waals surface area contributed by atoms with Gasteiger partial charge in [0.2, 0.25) is 0 Å². The Morgan fingerprint density at radius 2 is 1.79 bits per heavy atom. The number of rotatable bonds is 5. The monoisotopic (exact) mass is 270 g/mol.